The van der Waals surface area contributed by atoms with Crippen LogP contribution >= 0.6 is 0 Å². The Morgan fingerprint density at radius 3 is 1.21 bits per heavy atom. The predicted molar refractivity (Wildman–Crippen MR) is 274 cm³/mol. The summed E-state index contributed by atoms with van der Waals surface area (Å²) in [6.07, 6.45) is -4.50. The van der Waals surface area contributed by atoms with Crippen LogP contribution in [0.5, 0.6) is 0 Å². The van der Waals surface area contributed by atoms with E-state index in [0.29, 0.717) is 17.1 Å². The standard InChI is InChI=1S/C62H44F3N3/c1-39-14-20-42(21-15-39)48-28-32-58-54(34-48)55-35-49(43-22-16-40(2)17-23-43)29-33-59(55)68(58)60-52(44-24-18-41(3)19-25-44)36-50(37-53(60)45-26-30-51(31-27-45)62(63,64)65)57-38-56(46-10-6-4-7-11-46)66-61(67-57)47-12-8-5-9-13-47/h4-38H,1-3H3. The van der Waals surface area contributed by atoms with Crippen LogP contribution in [0, 0.1) is 20.8 Å². The summed E-state index contributed by atoms with van der Waals surface area (Å²) in [5.74, 6) is 0.565. The van der Waals surface area contributed by atoms with Crippen LogP contribution in [0.2, 0.25) is 0 Å². The van der Waals surface area contributed by atoms with Gasteiger partial charge in [0.05, 0.1) is 33.7 Å². The Kier molecular flexibility index (Phi) is 10.7. The minimum Gasteiger partial charge on any atom is -0.308 e. The Bertz CT molecular complexity index is 3470. The van der Waals surface area contributed by atoms with E-state index in [0.717, 1.165) is 94.4 Å². The number of benzene rings is 9. The topological polar surface area (TPSA) is 30.7 Å². The van der Waals surface area contributed by atoms with E-state index >= 15 is 0 Å². The molecule has 0 spiro atoms. The van der Waals surface area contributed by atoms with Gasteiger partial charge in [-0.05, 0) is 109 Å². The van der Waals surface area contributed by atoms with Crippen molar-refractivity contribution in [3.63, 3.8) is 0 Å². The van der Waals surface area contributed by atoms with E-state index in [1.165, 1.54) is 23.3 Å². The predicted octanol–water partition coefficient (Wildman–Crippen LogP) is 17.2. The highest BCUT2D eigenvalue weighted by atomic mass is 19.4. The zero-order valence-corrected chi connectivity index (χ0v) is 37.7. The molecule has 0 radical (unpaired) electrons. The first-order valence-corrected chi connectivity index (χ1v) is 22.7. The van der Waals surface area contributed by atoms with E-state index in [2.05, 4.69) is 147 Å². The molecule has 0 bridgehead atoms. The van der Waals surface area contributed by atoms with Gasteiger partial charge in [-0.15, -0.1) is 0 Å². The lowest BCUT2D eigenvalue weighted by atomic mass is 9.91. The second-order valence-electron chi connectivity index (χ2n) is 17.6. The van der Waals surface area contributed by atoms with Crippen LogP contribution in [0.4, 0.5) is 13.2 Å². The Labute approximate surface area is 393 Å². The third-order valence-electron chi connectivity index (χ3n) is 12.9. The van der Waals surface area contributed by atoms with Crippen molar-refractivity contribution in [2.45, 2.75) is 26.9 Å². The first-order chi connectivity index (χ1) is 33.0. The molecule has 6 heteroatoms. The normalized spacial score (nSPS) is 11.7. The molecule has 0 aliphatic rings. The van der Waals surface area contributed by atoms with Gasteiger partial charge in [0.2, 0.25) is 0 Å². The van der Waals surface area contributed by atoms with Gasteiger partial charge in [0.15, 0.2) is 5.82 Å². The average Bonchev–Trinajstić information content (AvgIpc) is 3.69. The van der Waals surface area contributed by atoms with E-state index < -0.39 is 11.7 Å². The third kappa shape index (κ3) is 8.04. The Hall–Kier alpha value is -8.35. The third-order valence-corrected chi connectivity index (χ3v) is 12.9. The van der Waals surface area contributed by atoms with Gasteiger partial charge in [-0.1, -0.05) is 174 Å². The van der Waals surface area contributed by atoms with Gasteiger partial charge in [0.1, 0.15) is 0 Å². The second-order valence-corrected chi connectivity index (χ2v) is 17.6. The van der Waals surface area contributed by atoms with E-state index in [1.807, 2.05) is 66.7 Å². The first kappa shape index (κ1) is 42.3. The van der Waals surface area contributed by atoms with Gasteiger partial charge < -0.3 is 4.57 Å². The van der Waals surface area contributed by atoms with Crippen molar-refractivity contribution in [2.75, 3.05) is 0 Å². The molecule has 0 fully saturated rings. The summed E-state index contributed by atoms with van der Waals surface area (Å²) >= 11 is 0. The van der Waals surface area contributed by atoms with Crippen LogP contribution in [-0.2, 0) is 6.18 Å². The lowest BCUT2D eigenvalue weighted by Gasteiger charge is -2.22. The molecule has 0 saturated carbocycles. The van der Waals surface area contributed by atoms with Crippen molar-refractivity contribution in [2.24, 2.45) is 0 Å². The van der Waals surface area contributed by atoms with Crippen molar-refractivity contribution in [3.8, 4) is 84.1 Å². The summed E-state index contributed by atoms with van der Waals surface area (Å²) < 4.78 is 45.1. The molecule has 0 aliphatic carbocycles. The van der Waals surface area contributed by atoms with Crippen molar-refractivity contribution in [1.82, 2.24) is 14.5 Å². The molecule has 0 unspecified atom stereocenters. The molecule has 68 heavy (non-hydrogen) atoms. The molecule has 0 atom stereocenters. The molecular formula is C62H44F3N3. The number of halogens is 3. The Morgan fingerprint density at radius 1 is 0.353 bits per heavy atom. The highest BCUT2D eigenvalue weighted by molar-refractivity contribution is 6.13. The summed E-state index contributed by atoms with van der Waals surface area (Å²) in [6.45, 7) is 6.25. The largest absolute Gasteiger partial charge is 0.416 e. The number of nitrogens with zero attached hydrogens (tertiary/aromatic N) is 3. The zero-order valence-electron chi connectivity index (χ0n) is 37.7. The zero-order chi connectivity index (χ0) is 46.5. The van der Waals surface area contributed by atoms with Gasteiger partial charge in [0, 0.05) is 38.6 Å². The summed E-state index contributed by atoms with van der Waals surface area (Å²) in [5.41, 5.74) is 17.2. The Morgan fingerprint density at radius 2 is 0.750 bits per heavy atom. The fourth-order valence-corrected chi connectivity index (χ4v) is 9.22. The fraction of sp³-hybridized carbons (Fsp3) is 0.0645. The van der Waals surface area contributed by atoms with E-state index in [1.54, 1.807) is 12.1 Å². The van der Waals surface area contributed by atoms with Crippen LogP contribution in [0.15, 0.2) is 212 Å². The van der Waals surface area contributed by atoms with Crippen molar-refractivity contribution in [3.05, 3.63) is 235 Å². The molecule has 0 saturated heterocycles. The summed E-state index contributed by atoms with van der Waals surface area (Å²) in [6, 6.07) is 70.6. The smallest absolute Gasteiger partial charge is 0.308 e. The molecular weight excluding hydrogens is 844 g/mol. The minimum atomic E-state index is -4.50. The van der Waals surface area contributed by atoms with Crippen molar-refractivity contribution >= 4 is 21.8 Å². The molecule has 0 N–H and O–H groups in total. The van der Waals surface area contributed by atoms with Crippen LogP contribution in [-0.4, -0.2) is 14.5 Å². The highest BCUT2D eigenvalue weighted by Crippen LogP contribution is 2.46. The lowest BCUT2D eigenvalue weighted by molar-refractivity contribution is -0.137. The lowest BCUT2D eigenvalue weighted by Crippen LogP contribution is -2.05. The van der Waals surface area contributed by atoms with Crippen LogP contribution in [0.3, 0.4) is 0 Å². The van der Waals surface area contributed by atoms with Gasteiger partial charge >= 0.3 is 6.18 Å². The van der Waals surface area contributed by atoms with E-state index in [4.69, 9.17) is 9.97 Å². The number of hydrogen-bond donors (Lipinski definition) is 0. The minimum absolute atomic E-state index is 0.565. The second kappa shape index (κ2) is 17.1. The maximum absolute atomic E-state index is 14.3. The van der Waals surface area contributed by atoms with Crippen molar-refractivity contribution < 1.29 is 13.2 Å². The van der Waals surface area contributed by atoms with E-state index in [9.17, 15) is 13.2 Å². The molecule has 2 aromatic heterocycles. The molecule has 3 nitrogen and oxygen atoms in total. The Balaban J connectivity index is 1.25. The highest BCUT2D eigenvalue weighted by Gasteiger charge is 2.31. The number of rotatable bonds is 8. The number of fused-ring (bicyclic) bond motifs is 3. The number of alkyl halides is 3. The first-order valence-electron chi connectivity index (χ1n) is 22.7. The number of aryl methyl sites for hydroxylation is 3. The maximum Gasteiger partial charge on any atom is 0.416 e. The molecule has 2 heterocycles. The number of aromatic nitrogens is 3. The van der Waals surface area contributed by atoms with Gasteiger partial charge in [-0.2, -0.15) is 13.2 Å². The molecule has 0 amide bonds. The fourth-order valence-electron chi connectivity index (χ4n) is 9.22. The summed E-state index contributed by atoms with van der Waals surface area (Å²) in [7, 11) is 0. The average molecular weight is 888 g/mol. The van der Waals surface area contributed by atoms with Crippen LogP contribution in [0.1, 0.15) is 22.3 Å². The van der Waals surface area contributed by atoms with Gasteiger partial charge in [-0.3, -0.25) is 0 Å². The molecule has 328 valence electrons. The summed E-state index contributed by atoms with van der Waals surface area (Å²) in [5, 5.41) is 2.11. The molecule has 11 rings (SSSR count). The molecule has 0 aliphatic heterocycles. The number of hydrogen-bond acceptors (Lipinski definition) is 2. The molecule has 9 aromatic carbocycles. The van der Waals surface area contributed by atoms with Gasteiger partial charge in [0.25, 0.3) is 0 Å². The van der Waals surface area contributed by atoms with Gasteiger partial charge in [-0.25, -0.2) is 9.97 Å². The quantitative estimate of drug-likeness (QED) is 0.152. The monoisotopic (exact) mass is 887 g/mol. The van der Waals surface area contributed by atoms with E-state index in [-0.39, 0.29) is 0 Å². The SMILES string of the molecule is Cc1ccc(-c2ccc3c(c2)c2cc(-c4ccc(C)cc4)ccc2n3-c2c(-c3ccc(C)cc3)cc(-c3cc(-c4ccccc4)nc(-c4ccccc4)n3)cc2-c2ccc(C(F)(F)F)cc2)cc1. The van der Waals surface area contributed by atoms with Crippen molar-refractivity contribution in [1.29, 1.82) is 0 Å². The van der Waals surface area contributed by atoms with Crippen LogP contribution < -0.4 is 0 Å². The summed E-state index contributed by atoms with van der Waals surface area (Å²) in [4.78, 5) is 10.3. The maximum atomic E-state index is 14.3. The molecule has 11 aromatic rings. The van der Waals surface area contributed by atoms with Crippen LogP contribution in [0.25, 0.3) is 106 Å².